The van der Waals surface area contributed by atoms with Gasteiger partial charge in [-0.3, -0.25) is 0 Å². The van der Waals surface area contributed by atoms with Gasteiger partial charge in [0.15, 0.2) is 0 Å². The number of hydrogen-bond acceptors (Lipinski definition) is 5. The number of rotatable bonds is 3. The van der Waals surface area contributed by atoms with Crippen LogP contribution in [0.15, 0.2) is 0 Å². The molecule has 3 fully saturated rings. The molecule has 0 aromatic rings. The highest BCUT2D eigenvalue weighted by molar-refractivity contribution is 7.89. The molecule has 0 aliphatic carbocycles. The molecule has 0 saturated carbocycles. The van der Waals surface area contributed by atoms with Gasteiger partial charge in [-0.05, 0) is 7.05 Å². The van der Waals surface area contributed by atoms with Crippen LogP contribution in [-0.2, 0) is 19.5 Å². The van der Waals surface area contributed by atoms with Crippen molar-refractivity contribution in [1.82, 2.24) is 9.21 Å². The second kappa shape index (κ2) is 5.16. The predicted molar refractivity (Wildman–Crippen MR) is 79.6 cm³/mol. The maximum atomic E-state index is 12.7. The van der Waals surface area contributed by atoms with Crippen molar-refractivity contribution in [3.63, 3.8) is 0 Å². The third kappa shape index (κ3) is 2.74. The van der Waals surface area contributed by atoms with Crippen LogP contribution in [0.1, 0.15) is 13.8 Å². The highest BCUT2D eigenvalue weighted by Gasteiger charge is 2.58. The van der Waals surface area contributed by atoms with Crippen molar-refractivity contribution in [3.05, 3.63) is 0 Å². The van der Waals surface area contributed by atoms with Gasteiger partial charge in [-0.25, -0.2) is 12.7 Å². The van der Waals surface area contributed by atoms with Crippen molar-refractivity contribution in [1.29, 1.82) is 0 Å². The number of sulfonamides is 1. The highest BCUT2D eigenvalue weighted by atomic mass is 32.2. The number of hydrogen-bond donors (Lipinski definition) is 0. The lowest BCUT2D eigenvalue weighted by molar-refractivity contribution is -0.00729. The number of fused-ring (bicyclic) bond motifs is 1. The maximum absolute atomic E-state index is 12.7. The molecule has 3 heterocycles. The van der Waals surface area contributed by atoms with Gasteiger partial charge in [0.2, 0.25) is 10.0 Å². The number of nitrogens with zero attached hydrogens (tertiary/aromatic N) is 2. The molecule has 3 aliphatic heterocycles. The molecule has 3 atom stereocenters. The average Bonchev–Trinajstić information content (AvgIpc) is 2.77. The van der Waals surface area contributed by atoms with E-state index in [0.29, 0.717) is 39.5 Å². The quantitative estimate of drug-likeness (QED) is 0.733. The first-order chi connectivity index (χ1) is 9.74. The normalized spacial score (nSPS) is 42.3. The van der Waals surface area contributed by atoms with Gasteiger partial charge in [0.1, 0.15) is 0 Å². The van der Waals surface area contributed by atoms with Crippen LogP contribution < -0.4 is 0 Å². The smallest absolute Gasteiger partial charge is 0.216 e. The third-order valence-corrected chi connectivity index (χ3v) is 7.32. The molecule has 0 amide bonds. The molecular formula is C14H26N2O4S. The molecule has 0 N–H and O–H groups in total. The fraction of sp³-hybridized carbons (Fsp3) is 1.00. The van der Waals surface area contributed by atoms with Crippen LogP contribution in [0, 0.1) is 10.8 Å². The molecule has 21 heavy (non-hydrogen) atoms. The van der Waals surface area contributed by atoms with Crippen molar-refractivity contribution >= 4 is 10.0 Å². The summed E-state index contributed by atoms with van der Waals surface area (Å²) in [6, 6.07) is 0. The molecular weight excluding hydrogens is 292 g/mol. The first kappa shape index (κ1) is 15.7. The zero-order chi connectivity index (χ0) is 15.3. The van der Waals surface area contributed by atoms with E-state index in [4.69, 9.17) is 9.47 Å². The Morgan fingerprint density at radius 2 is 1.81 bits per heavy atom. The molecule has 3 rings (SSSR count). The standard InChI is InChI=1S/C14H26N2O4S/c1-13-8-16(9-14(13,2)11-19-10-13)21(17,18)7-12-6-15(3)4-5-20-12/h12H,4-11H2,1-3H3/t12?,13-,14+. The monoisotopic (exact) mass is 318 g/mol. The van der Waals surface area contributed by atoms with E-state index in [2.05, 4.69) is 18.7 Å². The zero-order valence-corrected chi connectivity index (χ0v) is 14.0. The largest absolute Gasteiger partial charge is 0.380 e. The van der Waals surface area contributed by atoms with Gasteiger partial charge in [0, 0.05) is 37.0 Å². The van der Waals surface area contributed by atoms with Gasteiger partial charge < -0.3 is 14.4 Å². The minimum Gasteiger partial charge on any atom is -0.380 e. The molecule has 122 valence electrons. The van der Waals surface area contributed by atoms with Gasteiger partial charge in [0.25, 0.3) is 0 Å². The van der Waals surface area contributed by atoms with E-state index in [0.717, 1.165) is 6.54 Å². The van der Waals surface area contributed by atoms with Gasteiger partial charge in [-0.15, -0.1) is 0 Å². The first-order valence-electron chi connectivity index (χ1n) is 7.60. The summed E-state index contributed by atoms with van der Waals surface area (Å²) in [5.74, 6) is 0.0877. The Bertz CT molecular complexity index is 493. The molecule has 3 aliphatic rings. The average molecular weight is 318 g/mol. The summed E-state index contributed by atoms with van der Waals surface area (Å²) in [5.41, 5.74) is -0.130. The predicted octanol–water partition coefficient (Wildman–Crippen LogP) is 0.00520. The molecule has 0 bridgehead atoms. The SMILES string of the molecule is CN1CCOC(CS(=O)(=O)N2C[C@]3(C)COC[C@]3(C)C2)C1. The van der Waals surface area contributed by atoms with E-state index in [9.17, 15) is 8.42 Å². The van der Waals surface area contributed by atoms with Gasteiger partial charge in [0.05, 0.1) is 31.7 Å². The number of morpholine rings is 1. The first-order valence-corrected chi connectivity index (χ1v) is 9.21. The molecule has 0 radical (unpaired) electrons. The van der Waals surface area contributed by atoms with E-state index < -0.39 is 10.0 Å². The van der Waals surface area contributed by atoms with E-state index in [-0.39, 0.29) is 22.7 Å². The molecule has 6 nitrogen and oxygen atoms in total. The summed E-state index contributed by atoms with van der Waals surface area (Å²) in [7, 11) is -1.27. The van der Waals surface area contributed by atoms with Crippen LogP contribution in [0.2, 0.25) is 0 Å². The summed E-state index contributed by atoms with van der Waals surface area (Å²) < 4.78 is 38.3. The molecule has 0 aromatic carbocycles. The van der Waals surface area contributed by atoms with E-state index in [1.807, 2.05) is 7.05 Å². The number of likely N-dealkylation sites (N-methyl/N-ethyl adjacent to an activating group) is 1. The number of ether oxygens (including phenoxy) is 2. The van der Waals surface area contributed by atoms with E-state index in [1.54, 1.807) is 4.31 Å². The Kier molecular flexibility index (Phi) is 3.85. The lowest BCUT2D eigenvalue weighted by Gasteiger charge is -2.31. The molecule has 0 aromatic heterocycles. The highest BCUT2D eigenvalue weighted by Crippen LogP contribution is 2.51. The van der Waals surface area contributed by atoms with Gasteiger partial charge >= 0.3 is 0 Å². The summed E-state index contributed by atoms with van der Waals surface area (Å²) >= 11 is 0. The molecule has 1 unspecified atom stereocenters. The lowest BCUT2D eigenvalue weighted by atomic mass is 9.71. The Morgan fingerprint density at radius 1 is 1.19 bits per heavy atom. The second-order valence-electron chi connectivity index (χ2n) is 7.42. The fourth-order valence-electron chi connectivity index (χ4n) is 3.66. The lowest BCUT2D eigenvalue weighted by Crippen LogP contribution is -2.46. The maximum Gasteiger partial charge on any atom is 0.216 e. The van der Waals surface area contributed by atoms with Crippen LogP contribution in [0.4, 0.5) is 0 Å². The van der Waals surface area contributed by atoms with Crippen LogP contribution >= 0.6 is 0 Å². The topological polar surface area (TPSA) is 59.1 Å². The van der Waals surface area contributed by atoms with E-state index >= 15 is 0 Å². The van der Waals surface area contributed by atoms with Crippen LogP contribution in [0.25, 0.3) is 0 Å². The minimum atomic E-state index is -3.28. The van der Waals surface area contributed by atoms with Crippen molar-refractivity contribution in [2.75, 3.05) is 58.8 Å². The van der Waals surface area contributed by atoms with Crippen molar-refractivity contribution in [2.45, 2.75) is 20.0 Å². The van der Waals surface area contributed by atoms with Crippen molar-refractivity contribution in [2.24, 2.45) is 10.8 Å². The fourth-order valence-corrected chi connectivity index (χ4v) is 5.51. The second-order valence-corrected chi connectivity index (χ2v) is 9.43. The van der Waals surface area contributed by atoms with Gasteiger partial charge in [-0.1, -0.05) is 13.8 Å². The molecule has 3 saturated heterocycles. The Balaban J connectivity index is 1.69. The van der Waals surface area contributed by atoms with Crippen molar-refractivity contribution < 1.29 is 17.9 Å². The van der Waals surface area contributed by atoms with Crippen LogP contribution in [0.5, 0.6) is 0 Å². The third-order valence-electron chi connectivity index (χ3n) is 5.48. The Labute approximate surface area is 127 Å². The molecule has 7 heteroatoms. The van der Waals surface area contributed by atoms with Gasteiger partial charge in [-0.2, -0.15) is 0 Å². The molecule has 0 spiro atoms. The summed E-state index contributed by atoms with van der Waals surface area (Å²) in [5, 5.41) is 0. The van der Waals surface area contributed by atoms with Crippen LogP contribution in [0.3, 0.4) is 0 Å². The Hall–Kier alpha value is -0.210. The van der Waals surface area contributed by atoms with E-state index in [1.165, 1.54) is 0 Å². The summed E-state index contributed by atoms with van der Waals surface area (Å²) in [6.45, 7) is 8.87. The zero-order valence-electron chi connectivity index (χ0n) is 13.2. The van der Waals surface area contributed by atoms with Crippen LogP contribution in [-0.4, -0.2) is 82.5 Å². The summed E-state index contributed by atoms with van der Waals surface area (Å²) in [4.78, 5) is 2.12. The van der Waals surface area contributed by atoms with Crippen molar-refractivity contribution in [3.8, 4) is 0 Å². The Morgan fingerprint density at radius 3 is 2.38 bits per heavy atom. The summed E-state index contributed by atoms with van der Waals surface area (Å²) in [6.07, 6.45) is -0.217. The minimum absolute atomic E-state index is 0.0652.